The van der Waals surface area contributed by atoms with Crippen LogP contribution >= 0.6 is 23.2 Å². The summed E-state index contributed by atoms with van der Waals surface area (Å²) in [6.07, 6.45) is -1.22. The molecule has 3 aromatic rings. The quantitative estimate of drug-likeness (QED) is 0.554. The van der Waals surface area contributed by atoms with Crippen LogP contribution in [0.2, 0.25) is 10.0 Å². The molecule has 0 spiro atoms. The molecule has 1 atom stereocenters. The number of anilines is 2. The van der Waals surface area contributed by atoms with Gasteiger partial charge in [0.25, 0.3) is 0 Å². The minimum Gasteiger partial charge on any atom is -0.438 e. The Kier molecular flexibility index (Phi) is 4.74. The Bertz CT molecular complexity index is 955. The summed E-state index contributed by atoms with van der Waals surface area (Å²) in [5.74, 6) is 0.511. The predicted molar refractivity (Wildman–Crippen MR) is 100 cm³/mol. The number of benzene rings is 2. The Balaban J connectivity index is 1.73. The van der Waals surface area contributed by atoms with E-state index in [1.165, 1.54) is 0 Å². The highest BCUT2D eigenvalue weighted by Crippen LogP contribution is 2.27. The fourth-order valence-electron chi connectivity index (χ4n) is 2.35. The summed E-state index contributed by atoms with van der Waals surface area (Å²) in [6.45, 7) is 3.63. The van der Waals surface area contributed by atoms with Gasteiger partial charge in [-0.15, -0.1) is 0 Å². The van der Waals surface area contributed by atoms with E-state index in [0.717, 1.165) is 16.6 Å². The van der Waals surface area contributed by atoms with Crippen molar-refractivity contribution in [2.45, 2.75) is 20.0 Å². The van der Waals surface area contributed by atoms with Gasteiger partial charge >= 0.3 is 6.09 Å². The normalized spacial score (nSPS) is 12.2. The second-order valence-corrected chi connectivity index (χ2v) is 6.43. The lowest BCUT2D eigenvalue weighted by Crippen LogP contribution is -2.16. The molecule has 0 radical (unpaired) electrons. The number of rotatable bonds is 3. The Morgan fingerprint density at radius 1 is 1.28 bits per heavy atom. The van der Waals surface area contributed by atoms with Crippen LogP contribution in [0.3, 0.4) is 0 Å². The number of hydrogen-bond donors (Lipinski definition) is 3. The highest BCUT2D eigenvalue weighted by molar-refractivity contribution is 6.42. The van der Waals surface area contributed by atoms with E-state index in [1.54, 1.807) is 25.1 Å². The molecular weight excluding hydrogens is 363 g/mol. The number of imidazole rings is 1. The highest BCUT2D eigenvalue weighted by Gasteiger charge is 2.17. The van der Waals surface area contributed by atoms with Crippen LogP contribution in [-0.2, 0) is 4.74 Å². The molecule has 0 saturated carbocycles. The first-order chi connectivity index (χ1) is 11.8. The van der Waals surface area contributed by atoms with Crippen LogP contribution in [0, 0.1) is 6.92 Å². The number of nitrogens with one attached hydrogen (secondary N) is 2. The van der Waals surface area contributed by atoms with Crippen LogP contribution in [0.5, 0.6) is 0 Å². The van der Waals surface area contributed by atoms with E-state index < -0.39 is 12.2 Å². The molecule has 0 bridgehead atoms. The number of carbonyl (C=O) groups excluding carboxylic acids is 1. The van der Waals surface area contributed by atoms with Crippen molar-refractivity contribution in [3.63, 3.8) is 0 Å². The van der Waals surface area contributed by atoms with E-state index in [1.807, 2.05) is 19.1 Å². The number of aromatic nitrogens is 2. The maximum atomic E-state index is 12.1. The lowest BCUT2D eigenvalue weighted by molar-refractivity contribution is 0.117. The third-order valence-electron chi connectivity index (χ3n) is 3.77. The van der Waals surface area contributed by atoms with Crippen molar-refractivity contribution in [3.8, 4) is 0 Å². The van der Waals surface area contributed by atoms with Crippen LogP contribution in [-0.4, -0.2) is 16.1 Å². The van der Waals surface area contributed by atoms with Crippen LogP contribution in [0.25, 0.3) is 11.0 Å². The smallest absolute Gasteiger partial charge is 0.412 e. The number of nitrogen functional groups attached to an aromatic ring is 1. The van der Waals surface area contributed by atoms with Crippen molar-refractivity contribution >= 4 is 51.7 Å². The van der Waals surface area contributed by atoms with Gasteiger partial charge in [0.1, 0.15) is 5.82 Å². The minimum atomic E-state index is -0.629. The zero-order valence-corrected chi connectivity index (χ0v) is 15.1. The molecule has 130 valence electrons. The molecular formula is C17H16Cl2N4O2. The molecule has 1 heterocycles. The van der Waals surface area contributed by atoms with E-state index in [-0.39, 0.29) is 0 Å². The number of carbonyl (C=O) groups is 1. The average Bonchev–Trinajstić information content (AvgIpc) is 2.99. The van der Waals surface area contributed by atoms with Crippen LogP contribution in [0.15, 0.2) is 30.3 Å². The molecule has 0 aliphatic heterocycles. The van der Waals surface area contributed by atoms with Crippen molar-refractivity contribution in [3.05, 3.63) is 51.8 Å². The van der Waals surface area contributed by atoms with Gasteiger partial charge in [-0.25, -0.2) is 9.78 Å². The standard InChI is InChI=1S/C17H16Cl2N4O2/c1-8-3-6-13-15(14(8)20)23-16(22-13)9(2)25-17(24)21-10-4-5-11(18)12(19)7-10/h3-7,9H,20H2,1-2H3,(H,21,24)(H,22,23)/t9-/m0/s1. The third kappa shape index (κ3) is 3.65. The molecule has 4 N–H and O–H groups in total. The summed E-state index contributed by atoms with van der Waals surface area (Å²) in [7, 11) is 0. The fourth-order valence-corrected chi connectivity index (χ4v) is 2.65. The molecule has 1 aromatic heterocycles. The molecule has 8 heteroatoms. The van der Waals surface area contributed by atoms with Gasteiger partial charge in [0.15, 0.2) is 6.10 Å². The summed E-state index contributed by atoms with van der Waals surface area (Å²) in [5.41, 5.74) is 9.56. The van der Waals surface area contributed by atoms with E-state index >= 15 is 0 Å². The molecule has 0 aliphatic rings. The molecule has 6 nitrogen and oxygen atoms in total. The number of nitrogens with zero attached hydrogens (tertiary/aromatic N) is 1. The minimum absolute atomic E-state index is 0.343. The van der Waals surface area contributed by atoms with Crippen molar-refractivity contribution < 1.29 is 9.53 Å². The second kappa shape index (κ2) is 6.82. The van der Waals surface area contributed by atoms with E-state index in [0.29, 0.717) is 27.2 Å². The Morgan fingerprint density at radius 2 is 2.04 bits per heavy atom. The number of amides is 1. The monoisotopic (exact) mass is 378 g/mol. The number of ether oxygens (including phenoxy) is 1. The van der Waals surface area contributed by atoms with Crippen LogP contribution in [0.4, 0.5) is 16.2 Å². The molecule has 0 unspecified atom stereocenters. The van der Waals surface area contributed by atoms with Crippen molar-refractivity contribution in [1.29, 1.82) is 0 Å². The van der Waals surface area contributed by atoms with Gasteiger partial charge in [0.2, 0.25) is 0 Å². The lowest BCUT2D eigenvalue weighted by Gasteiger charge is -2.12. The average molecular weight is 379 g/mol. The first kappa shape index (κ1) is 17.4. The number of fused-ring (bicyclic) bond motifs is 1. The first-order valence-electron chi connectivity index (χ1n) is 7.52. The number of H-pyrrole nitrogens is 1. The van der Waals surface area contributed by atoms with E-state index in [9.17, 15) is 4.79 Å². The lowest BCUT2D eigenvalue weighted by atomic mass is 10.2. The predicted octanol–water partition coefficient (Wildman–Crippen LogP) is 5.07. The molecule has 25 heavy (non-hydrogen) atoms. The van der Waals surface area contributed by atoms with Crippen LogP contribution < -0.4 is 11.1 Å². The first-order valence-corrected chi connectivity index (χ1v) is 8.28. The van der Waals surface area contributed by atoms with Gasteiger partial charge in [0, 0.05) is 5.69 Å². The largest absolute Gasteiger partial charge is 0.438 e. The Hall–Kier alpha value is -2.44. The number of nitrogens with two attached hydrogens (primary N) is 1. The second-order valence-electron chi connectivity index (χ2n) is 5.61. The molecule has 2 aromatic carbocycles. The van der Waals surface area contributed by atoms with Gasteiger partial charge in [0.05, 0.1) is 26.8 Å². The highest BCUT2D eigenvalue weighted by atomic mass is 35.5. The zero-order valence-electron chi connectivity index (χ0n) is 13.6. The Labute approximate surface area is 154 Å². The molecule has 3 rings (SSSR count). The molecule has 0 aliphatic carbocycles. The van der Waals surface area contributed by atoms with Gasteiger partial charge < -0.3 is 15.5 Å². The summed E-state index contributed by atoms with van der Waals surface area (Å²) < 4.78 is 5.35. The molecule has 0 saturated heterocycles. The fraction of sp³-hybridized carbons (Fsp3) is 0.176. The van der Waals surface area contributed by atoms with E-state index in [2.05, 4.69) is 15.3 Å². The topological polar surface area (TPSA) is 93.0 Å². The summed E-state index contributed by atoms with van der Waals surface area (Å²) in [5, 5.41) is 3.34. The maximum Gasteiger partial charge on any atom is 0.412 e. The number of halogens is 2. The van der Waals surface area contributed by atoms with Crippen LogP contribution in [0.1, 0.15) is 24.4 Å². The maximum absolute atomic E-state index is 12.1. The van der Waals surface area contributed by atoms with Crippen molar-refractivity contribution in [1.82, 2.24) is 9.97 Å². The summed E-state index contributed by atoms with van der Waals surface area (Å²) >= 11 is 11.8. The third-order valence-corrected chi connectivity index (χ3v) is 4.51. The summed E-state index contributed by atoms with van der Waals surface area (Å²) in [6, 6.07) is 8.52. The molecule has 1 amide bonds. The summed E-state index contributed by atoms with van der Waals surface area (Å²) in [4.78, 5) is 19.6. The number of aromatic amines is 1. The van der Waals surface area contributed by atoms with E-state index in [4.69, 9.17) is 33.7 Å². The zero-order chi connectivity index (χ0) is 18.1. The van der Waals surface area contributed by atoms with Crippen molar-refractivity contribution in [2.24, 2.45) is 0 Å². The number of aryl methyl sites for hydroxylation is 1. The van der Waals surface area contributed by atoms with Gasteiger partial charge in [-0.2, -0.15) is 0 Å². The Morgan fingerprint density at radius 3 is 2.76 bits per heavy atom. The molecule has 0 fully saturated rings. The van der Waals surface area contributed by atoms with Gasteiger partial charge in [-0.3, -0.25) is 5.32 Å². The number of hydrogen-bond acceptors (Lipinski definition) is 4. The van der Waals surface area contributed by atoms with Gasteiger partial charge in [-0.1, -0.05) is 29.3 Å². The van der Waals surface area contributed by atoms with Crippen molar-refractivity contribution in [2.75, 3.05) is 11.1 Å². The van der Waals surface area contributed by atoms with Gasteiger partial charge in [-0.05, 0) is 43.7 Å². The SMILES string of the molecule is Cc1ccc2nc([C@H](C)OC(=O)Nc3ccc(Cl)c(Cl)c3)[nH]c2c1N.